The van der Waals surface area contributed by atoms with Gasteiger partial charge in [-0.1, -0.05) is 37.5 Å². The molecule has 29 heavy (non-hydrogen) atoms. The van der Waals surface area contributed by atoms with Gasteiger partial charge in [-0.05, 0) is 43.2 Å². The summed E-state index contributed by atoms with van der Waals surface area (Å²) in [6, 6.07) is 10.8. The Kier molecular flexibility index (Phi) is 6.37. The second-order valence-corrected chi connectivity index (χ2v) is 8.43. The molecule has 1 aromatic carbocycles. The number of piperidine rings is 1. The molecule has 2 aromatic rings. The van der Waals surface area contributed by atoms with E-state index in [0.29, 0.717) is 19.0 Å². The van der Waals surface area contributed by atoms with Crippen LogP contribution in [0.5, 0.6) is 0 Å². The number of nitrogens with zero attached hydrogens (tertiary/aromatic N) is 2. The molecule has 2 heterocycles. The van der Waals surface area contributed by atoms with Crippen LogP contribution in [-0.2, 0) is 11.3 Å². The minimum atomic E-state index is -0.0406. The molecule has 1 aromatic heterocycles. The third-order valence-electron chi connectivity index (χ3n) is 6.37. The highest BCUT2D eigenvalue weighted by Gasteiger charge is 2.24. The Labute approximate surface area is 172 Å². The molecular weight excluding hydrogens is 364 g/mol. The fourth-order valence-electron chi connectivity index (χ4n) is 4.64. The number of rotatable bonds is 5. The molecule has 156 valence electrons. The first-order valence-electron chi connectivity index (χ1n) is 11.1. The average molecular weight is 397 g/mol. The smallest absolute Gasteiger partial charge is 0.315 e. The van der Waals surface area contributed by atoms with Gasteiger partial charge in [0.15, 0.2) is 0 Å². The van der Waals surface area contributed by atoms with Crippen molar-refractivity contribution in [3.8, 4) is 0 Å². The Morgan fingerprint density at radius 3 is 2.34 bits per heavy atom. The van der Waals surface area contributed by atoms with Crippen molar-refractivity contribution in [3.63, 3.8) is 0 Å². The van der Waals surface area contributed by atoms with E-state index in [2.05, 4.69) is 39.6 Å². The third kappa shape index (κ3) is 5.11. The highest BCUT2D eigenvalue weighted by Crippen LogP contribution is 2.18. The molecule has 0 bridgehead atoms. The van der Waals surface area contributed by atoms with Gasteiger partial charge in [-0.2, -0.15) is 0 Å². The standard InChI is InChI=1S/C23H32N4O2/c28-22(13-17-26-14-10-18-6-4-5-9-21(18)26)27-15-11-20(12-16-27)25-23(29)24-19-7-2-1-3-8-19/h4-6,9-10,14,19-20H,1-3,7-8,11-13,15-17H2,(H2,24,25,29). The predicted octanol–water partition coefficient (Wildman–Crippen LogP) is 3.65. The van der Waals surface area contributed by atoms with Crippen LogP contribution in [0.15, 0.2) is 36.5 Å². The van der Waals surface area contributed by atoms with Gasteiger partial charge < -0.3 is 20.1 Å². The van der Waals surface area contributed by atoms with Gasteiger partial charge in [-0.3, -0.25) is 4.79 Å². The van der Waals surface area contributed by atoms with Crippen LogP contribution in [0.4, 0.5) is 4.79 Å². The minimum absolute atomic E-state index is 0.0406. The number of para-hydroxylation sites is 1. The summed E-state index contributed by atoms with van der Waals surface area (Å²) in [6.07, 6.45) is 10.1. The number of carbonyl (C=O) groups excluding carboxylic acids is 2. The fourth-order valence-corrected chi connectivity index (χ4v) is 4.64. The first kappa shape index (κ1) is 19.8. The van der Waals surface area contributed by atoms with Crippen molar-refractivity contribution >= 4 is 22.8 Å². The highest BCUT2D eigenvalue weighted by atomic mass is 16.2. The largest absolute Gasteiger partial charge is 0.347 e. The number of amides is 3. The van der Waals surface area contributed by atoms with Gasteiger partial charge in [-0.15, -0.1) is 0 Å². The maximum Gasteiger partial charge on any atom is 0.315 e. The van der Waals surface area contributed by atoms with E-state index in [1.807, 2.05) is 17.0 Å². The zero-order chi connectivity index (χ0) is 20.1. The van der Waals surface area contributed by atoms with Crippen molar-refractivity contribution < 1.29 is 9.59 Å². The summed E-state index contributed by atoms with van der Waals surface area (Å²) < 4.78 is 2.15. The lowest BCUT2D eigenvalue weighted by molar-refractivity contribution is -0.132. The molecule has 2 aliphatic rings. The summed E-state index contributed by atoms with van der Waals surface area (Å²) in [5.41, 5.74) is 1.17. The number of carbonyl (C=O) groups is 2. The second-order valence-electron chi connectivity index (χ2n) is 8.43. The topological polar surface area (TPSA) is 66.4 Å². The van der Waals surface area contributed by atoms with Crippen LogP contribution in [0, 0.1) is 0 Å². The van der Waals surface area contributed by atoms with Crippen LogP contribution in [0.1, 0.15) is 51.4 Å². The van der Waals surface area contributed by atoms with E-state index in [-0.39, 0.29) is 18.0 Å². The summed E-state index contributed by atoms with van der Waals surface area (Å²) in [7, 11) is 0. The Morgan fingerprint density at radius 2 is 1.59 bits per heavy atom. The number of aromatic nitrogens is 1. The van der Waals surface area contributed by atoms with Crippen molar-refractivity contribution in [2.45, 2.75) is 70.0 Å². The highest BCUT2D eigenvalue weighted by molar-refractivity contribution is 5.80. The molecule has 2 fully saturated rings. The van der Waals surface area contributed by atoms with E-state index < -0.39 is 0 Å². The second kappa shape index (κ2) is 9.33. The maximum absolute atomic E-state index is 12.6. The van der Waals surface area contributed by atoms with Crippen molar-refractivity contribution in [1.82, 2.24) is 20.1 Å². The van der Waals surface area contributed by atoms with Gasteiger partial charge in [0, 0.05) is 49.9 Å². The van der Waals surface area contributed by atoms with Crippen molar-refractivity contribution in [2.75, 3.05) is 13.1 Å². The summed E-state index contributed by atoms with van der Waals surface area (Å²) in [5.74, 6) is 0.202. The molecule has 0 unspecified atom stereocenters. The zero-order valence-electron chi connectivity index (χ0n) is 17.1. The van der Waals surface area contributed by atoms with Crippen LogP contribution in [0.25, 0.3) is 10.9 Å². The predicted molar refractivity (Wildman–Crippen MR) is 115 cm³/mol. The normalized spacial score (nSPS) is 18.7. The van der Waals surface area contributed by atoms with Gasteiger partial charge >= 0.3 is 6.03 Å². The number of aryl methyl sites for hydroxylation is 1. The monoisotopic (exact) mass is 396 g/mol. The van der Waals surface area contributed by atoms with E-state index in [9.17, 15) is 9.59 Å². The van der Waals surface area contributed by atoms with E-state index in [0.717, 1.165) is 38.8 Å². The Bertz CT molecular complexity index is 832. The third-order valence-corrected chi connectivity index (χ3v) is 6.37. The number of fused-ring (bicyclic) bond motifs is 1. The van der Waals surface area contributed by atoms with Crippen molar-refractivity contribution in [1.29, 1.82) is 0 Å². The molecule has 6 nitrogen and oxygen atoms in total. The van der Waals surface area contributed by atoms with Crippen LogP contribution in [0.2, 0.25) is 0 Å². The van der Waals surface area contributed by atoms with E-state index in [4.69, 9.17) is 0 Å². The van der Waals surface area contributed by atoms with Crippen LogP contribution >= 0.6 is 0 Å². The maximum atomic E-state index is 12.6. The molecule has 1 saturated carbocycles. The fraction of sp³-hybridized carbons (Fsp3) is 0.565. The number of nitrogens with one attached hydrogen (secondary N) is 2. The number of likely N-dealkylation sites (tertiary alicyclic amines) is 1. The molecule has 2 N–H and O–H groups in total. The van der Waals surface area contributed by atoms with Gasteiger partial charge in [-0.25, -0.2) is 4.79 Å². The van der Waals surface area contributed by atoms with E-state index in [1.165, 1.54) is 30.2 Å². The zero-order valence-corrected chi connectivity index (χ0v) is 17.1. The Balaban J connectivity index is 1.19. The SMILES string of the molecule is O=C(NC1CCCCC1)NC1CCN(C(=O)CCn2ccc3ccccc32)CC1. The molecule has 1 aliphatic carbocycles. The number of urea groups is 1. The van der Waals surface area contributed by atoms with Gasteiger partial charge in [0.2, 0.25) is 5.91 Å². The van der Waals surface area contributed by atoms with Gasteiger partial charge in [0.25, 0.3) is 0 Å². The first-order valence-corrected chi connectivity index (χ1v) is 11.1. The first-order chi connectivity index (χ1) is 14.2. The summed E-state index contributed by atoms with van der Waals surface area (Å²) in [6.45, 7) is 2.15. The molecule has 0 atom stereocenters. The summed E-state index contributed by atoms with van der Waals surface area (Å²) in [4.78, 5) is 26.8. The molecule has 6 heteroatoms. The van der Waals surface area contributed by atoms with Gasteiger partial charge in [0.05, 0.1) is 0 Å². The number of hydrogen-bond acceptors (Lipinski definition) is 2. The van der Waals surface area contributed by atoms with E-state index >= 15 is 0 Å². The van der Waals surface area contributed by atoms with Crippen molar-refractivity contribution in [2.24, 2.45) is 0 Å². The Morgan fingerprint density at radius 1 is 0.897 bits per heavy atom. The molecule has 1 aliphatic heterocycles. The van der Waals surface area contributed by atoms with Gasteiger partial charge in [0.1, 0.15) is 0 Å². The van der Waals surface area contributed by atoms with Crippen LogP contribution < -0.4 is 10.6 Å². The molecular formula is C23H32N4O2. The van der Waals surface area contributed by atoms with E-state index in [1.54, 1.807) is 0 Å². The molecule has 1 saturated heterocycles. The van der Waals surface area contributed by atoms with Crippen LogP contribution in [0.3, 0.4) is 0 Å². The lowest BCUT2D eigenvalue weighted by Crippen LogP contribution is -2.51. The summed E-state index contributed by atoms with van der Waals surface area (Å²) in [5, 5.41) is 7.43. The minimum Gasteiger partial charge on any atom is -0.347 e. The number of hydrogen-bond donors (Lipinski definition) is 2. The Hall–Kier alpha value is -2.50. The molecule has 4 rings (SSSR count). The number of benzene rings is 1. The van der Waals surface area contributed by atoms with Crippen molar-refractivity contribution in [3.05, 3.63) is 36.5 Å². The lowest BCUT2D eigenvalue weighted by atomic mass is 9.96. The molecule has 3 amide bonds. The van der Waals surface area contributed by atoms with Crippen LogP contribution in [-0.4, -0.2) is 46.6 Å². The molecule has 0 spiro atoms. The quantitative estimate of drug-likeness (QED) is 0.810. The lowest BCUT2D eigenvalue weighted by Gasteiger charge is -2.33. The molecule has 0 radical (unpaired) electrons. The average Bonchev–Trinajstić information content (AvgIpc) is 3.16. The summed E-state index contributed by atoms with van der Waals surface area (Å²) >= 11 is 0.